The van der Waals surface area contributed by atoms with Crippen molar-refractivity contribution in [2.24, 2.45) is 5.92 Å². The molecular formula is C21H21P. The van der Waals surface area contributed by atoms with Gasteiger partial charge in [0.25, 0.3) is 0 Å². The highest BCUT2D eigenvalue weighted by Gasteiger charge is 2.36. The van der Waals surface area contributed by atoms with Crippen LogP contribution >= 0.6 is 7.92 Å². The van der Waals surface area contributed by atoms with Crippen molar-refractivity contribution in [3.8, 4) is 0 Å². The molecule has 110 valence electrons. The maximum absolute atomic E-state index is 2.41. The molecule has 2 atom stereocenters. The predicted octanol–water partition coefficient (Wildman–Crippen LogP) is 4.78. The second-order valence-corrected chi connectivity index (χ2v) is 8.56. The topological polar surface area (TPSA) is 0 Å². The minimum Gasteiger partial charge on any atom is -0.0839 e. The van der Waals surface area contributed by atoms with Crippen LogP contribution in [-0.2, 0) is 0 Å². The molecule has 1 heteroatoms. The van der Waals surface area contributed by atoms with E-state index in [0.29, 0.717) is 0 Å². The molecule has 22 heavy (non-hydrogen) atoms. The number of hydrogen-bond acceptors (Lipinski definition) is 0. The van der Waals surface area contributed by atoms with E-state index in [1.54, 1.807) is 5.57 Å². The summed E-state index contributed by atoms with van der Waals surface area (Å²) in [7, 11) is -0.298. The molecule has 0 saturated heterocycles. The summed E-state index contributed by atoms with van der Waals surface area (Å²) in [5.41, 5.74) is 2.43. The Morgan fingerprint density at radius 2 is 1.41 bits per heavy atom. The summed E-state index contributed by atoms with van der Waals surface area (Å²) in [5, 5.41) is 3.04. The number of hydrogen-bond donors (Lipinski definition) is 0. The first-order valence-corrected chi connectivity index (χ1v) is 9.60. The molecule has 0 radical (unpaired) electrons. The van der Waals surface area contributed by atoms with Crippen LogP contribution in [0.2, 0.25) is 0 Å². The maximum Gasteiger partial charge on any atom is 0.00870 e. The zero-order valence-electron chi connectivity index (χ0n) is 12.7. The third-order valence-electron chi connectivity index (χ3n) is 4.87. The number of fused-ring (bicyclic) bond motifs is 1. The van der Waals surface area contributed by atoms with Gasteiger partial charge in [-0.2, -0.15) is 0 Å². The molecule has 1 saturated carbocycles. The van der Waals surface area contributed by atoms with Crippen molar-refractivity contribution >= 4 is 18.5 Å². The highest BCUT2D eigenvalue weighted by atomic mass is 31.1. The SMILES string of the molecule is C1=CCC2CCC(P(c3ccccc3)c3ccccc3)C2=C1. The molecule has 2 aliphatic carbocycles. The van der Waals surface area contributed by atoms with E-state index < -0.39 is 0 Å². The summed E-state index contributed by atoms with van der Waals surface area (Å²) < 4.78 is 0. The molecule has 0 aliphatic heterocycles. The van der Waals surface area contributed by atoms with Gasteiger partial charge in [-0.15, -0.1) is 0 Å². The average Bonchev–Trinajstić information content (AvgIpc) is 3.01. The molecule has 2 aromatic rings. The molecule has 0 heterocycles. The second-order valence-electron chi connectivity index (χ2n) is 6.16. The Morgan fingerprint density at radius 3 is 2.05 bits per heavy atom. The third-order valence-corrected chi connectivity index (χ3v) is 7.76. The lowest BCUT2D eigenvalue weighted by Crippen LogP contribution is -2.22. The molecule has 2 aliphatic rings. The van der Waals surface area contributed by atoms with Gasteiger partial charge in [-0.1, -0.05) is 84.5 Å². The van der Waals surface area contributed by atoms with E-state index in [1.807, 2.05) is 0 Å². The normalized spacial score (nSPS) is 23.4. The van der Waals surface area contributed by atoms with Gasteiger partial charge in [0, 0.05) is 5.66 Å². The van der Waals surface area contributed by atoms with Crippen LogP contribution in [0.25, 0.3) is 0 Å². The van der Waals surface area contributed by atoms with Gasteiger partial charge < -0.3 is 0 Å². The summed E-state index contributed by atoms with van der Waals surface area (Å²) >= 11 is 0. The van der Waals surface area contributed by atoms with Gasteiger partial charge in [-0.3, -0.25) is 0 Å². The van der Waals surface area contributed by atoms with Crippen molar-refractivity contribution in [3.63, 3.8) is 0 Å². The Bertz CT molecular complexity index is 645. The molecule has 0 nitrogen and oxygen atoms in total. The average molecular weight is 304 g/mol. The predicted molar refractivity (Wildman–Crippen MR) is 97.4 cm³/mol. The van der Waals surface area contributed by atoms with Gasteiger partial charge in [0.1, 0.15) is 0 Å². The number of benzene rings is 2. The molecule has 2 aromatic carbocycles. The first kappa shape index (κ1) is 14.0. The van der Waals surface area contributed by atoms with Gasteiger partial charge in [0.2, 0.25) is 0 Å². The van der Waals surface area contributed by atoms with Crippen molar-refractivity contribution in [2.45, 2.75) is 24.9 Å². The zero-order valence-corrected chi connectivity index (χ0v) is 13.6. The van der Waals surface area contributed by atoms with Crippen LogP contribution in [0.4, 0.5) is 0 Å². The van der Waals surface area contributed by atoms with Crippen molar-refractivity contribution in [3.05, 3.63) is 84.5 Å². The Labute approximate surface area is 134 Å². The van der Waals surface area contributed by atoms with E-state index in [0.717, 1.165) is 11.6 Å². The molecule has 0 bridgehead atoms. The van der Waals surface area contributed by atoms with E-state index in [9.17, 15) is 0 Å². The van der Waals surface area contributed by atoms with Gasteiger partial charge in [-0.25, -0.2) is 0 Å². The van der Waals surface area contributed by atoms with Crippen LogP contribution in [0.5, 0.6) is 0 Å². The lowest BCUT2D eigenvalue weighted by molar-refractivity contribution is 0.633. The van der Waals surface area contributed by atoms with Gasteiger partial charge in [0.15, 0.2) is 0 Å². The lowest BCUT2D eigenvalue weighted by Gasteiger charge is -2.28. The smallest absolute Gasteiger partial charge is 0.00870 e. The molecule has 0 aromatic heterocycles. The van der Waals surface area contributed by atoms with E-state index in [1.165, 1.54) is 29.9 Å². The maximum atomic E-state index is 2.41. The first-order valence-electron chi connectivity index (χ1n) is 8.19. The number of allylic oxidation sites excluding steroid dienone is 4. The molecule has 4 rings (SSSR count). The first-order chi connectivity index (χ1) is 10.9. The fourth-order valence-corrected chi connectivity index (χ4v) is 6.86. The Kier molecular flexibility index (Phi) is 3.95. The van der Waals surface area contributed by atoms with Crippen LogP contribution in [0.1, 0.15) is 19.3 Å². The van der Waals surface area contributed by atoms with E-state index in [4.69, 9.17) is 0 Å². The van der Waals surface area contributed by atoms with Crippen LogP contribution in [0, 0.1) is 5.92 Å². The Hall–Kier alpha value is -1.65. The molecule has 0 N–H and O–H groups in total. The largest absolute Gasteiger partial charge is 0.0839 e. The standard InChI is InChI=1S/C21H21P/c1-3-10-18(11-4-1)22(19-12-5-2-6-13-19)21-16-15-17-9-7-8-14-20(17)21/h1-8,10-14,17,21H,9,15-16H2. The summed E-state index contributed by atoms with van der Waals surface area (Å²) in [6.45, 7) is 0. The van der Waals surface area contributed by atoms with Gasteiger partial charge >= 0.3 is 0 Å². The Balaban J connectivity index is 1.78. The molecule has 1 fully saturated rings. The minimum atomic E-state index is -0.298. The molecular weight excluding hydrogens is 283 g/mol. The van der Waals surface area contributed by atoms with Crippen molar-refractivity contribution < 1.29 is 0 Å². The molecule has 2 unspecified atom stereocenters. The quantitative estimate of drug-likeness (QED) is 0.716. The van der Waals surface area contributed by atoms with E-state index in [2.05, 4.69) is 78.9 Å². The highest BCUT2D eigenvalue weighted by Crippen LogP contribution is 2.53. The highest BCUT2D eigenvalue weighted by molar-refractivity contribution is 7.73. The van der Waals surface area contributed by atoms with Crippen LogP contribution < -0.4 is 10.6 Å². The summed E-state index contributed by atoms with van der Waals surface area (Å²) in [5.74, 6) is 0.799. The summed E-state index contributed by atoms with van der Waals surface area (Å²) in [6.07, 6.45) is 11.0. The van der Waals surface area contributed by atoms with Crippen LogP contribution in [0.3, 0.4) is 0 Å². The molecule has 0 spiro atoms. The van der Waals surface area contributed by atoms with Gasteiger partial charge in [-0.05, 0) is 43.7 Å². The number of rotatable bonds is 3. The molecule has 0 amide bonds. The second kappa shape index (κ2) is 6.23. The monoisotopic (exact) mass is 304 g/mol. The van der Waals surface area contributed by atoms with Crippen molar-refractivity contribution in [1.82, 2.24) is 0 Å². The van der Waals surface area contributed by atoms with E-state index >= 15 is 0 Å². The van der Waals surface area contributed by atoms with Crippen molar-refractivity contribution in [2.75, 3.05) is 0 Å². The van der Waals surface area contributed by atoms with E-state index in [-0.39, 0.29) is 7.92 Å². The van der Waals surface area contributed by atoms with Crippen molar-refractivity contribution in [1.29, 1.82) is 0 Å². The summed E-state index contributed by atoms with van der Waals surface area (Å²) in [4.78, 5) is 0. The fourth-order valence-electron chi connectivity index (χ4n) is 3.85. The third kappa shape index (κ3) is 2.57. The fraction of sp³-hybridized carbons (Fsp3) is 0.238. The van der Waals surface area contributed by atoms with Crippen LogP contribution in [-0.4, -0.2) is 5.66 Å². The van der Waals surface area contributed by atoms with Crippen LogP contribution in [0.15, 0.2) is 84.5 Å². The lowest BCUT2D eigenvalue weighted by atomic mass is 9.95. The van der Waals surface area contributed by atoms with Gasteiger partial charge in [0.05, 0.1) is 0 Å². The zero-order chi connectivity index (χ0) is 14.8. The Morgan fingerprint density at radius 1 is 0.773 bits per heavy atom. The summed E-state index contributed by atoms with van der Waals surface area (Å²) in [6, 6.07) is 22.3. The minimum absolute atomic E-state index is 0.298.